The van der Waals surface area contributed by atoms with Gasteiger partial charge in [0.05, 0.1) is 0 Å². The number of amidine groups is 1. The number of benzene rings is 2. The van der Waals surface area contributed by atoms with Gasteiger partial charge in [0.25, 0.3) is 0 Å². The van der Waals surface area contributed by atoms with Crippen molar-refractivity contribution in [2.24, 2.45) is 10.7 Å². The van der Waals surface area contributed by atoms with Crippen LogP contribution < -0.4 is 9.92 Å². The number of fused-ring (bicyclic) bond motifs is 2. The predicted molar refractivity (Wildman–Crippen MR) is 144 cm³/mol. The molecule has 0 radical (unpaired) electrons. The molecule has 0 spiro atoms. The summed E-state index contributed by atoms with van der Waals surface area (Å²) in [6.45, 7) is 0. The van der Waals surface area contributed by atoms with E-state index in [1.54, 1.807) is 41.9 Å². The fourth-order valence-corrected chi connectivity index (χ4v) is 7.32. The molecule has 1 aliphatic heterocycles. The normalized spacial score (nSPS) is 17.1. The minimum Gasteiger partial charge on any atom is -0.383 e. The van der Waals surface area contributed by atoms with Gasteiger partial charge in [-0.2, -0.15) is 8.42 Å². The van der Waals surface area contributed by atoms with Crippen LogP contribution in [0, 0.1) is 0 Å². The second-order valence-corrected chi connectivity index (χ2v) is 11.6. The third kappa shape index (κ3) is 3.87. The third-order valence-electron chi connectivity index (χ3n) is 5.93. The molecule has 1 atom stereocenters. The van der Waals surface area contributed by atoms with E-state index < -0.39 is 15.7 Å². The average molecular weight is 591 g/mol. The van der Waals surface area contributed by atoms with E-state index in [0.29, 0.717) is 21.9 Å². The van der Waals surface area contributed by atoms with Gasteiger partial charge in [-0.25, -0.2) is 15.0 Å². The number of thiazole rings is 1. The molecule has 186 valence electrons. The number of nitrogens with two attached hydrogens (primary N) is 1. The van der Waals surface area contributed by atoms with E-state index in [1.807, 2.05) is 24.3 Å². The summed E-state index contributed by atoms with van der Waals surface area (Å²) in [5.41, 5.74) is 7.85. The summed E-state index contributed by atoms with van der Waals surface area (Å²) in [5.74, 6) is 0.354. The second kappa shape index (κ2) is 8.71. The van der Waals surface area contributed by atoms with Crippen molar-refractivity contribution >= 4 is 67.1 Å². The number of aromatic nitrogens is 3. The first-order valence-corrected chi connectivity index (χ1v) is 14.1. The zero-order chi connectivity index (χ0) is 25.9. The maximum atomic E-state index is 13.3. The van der Waals surface area contributed by atoms with E-state index in [4.69, 9.17) is 49.7 Å². The molecule has 4 heterocycles. The van der Waals surface area contributed by atoms with Crippen LogP contribution in [0.5, 0.6) is 5.75 Å². The lowest BCUT2D eigenvalue weighted by Gasteiger charge is -2.29. The number of halogens is 3. The van der Waals surface area contributed by atoms with Crippen molar-refractivity contribution in [2.45, 2.75) is 10.6 Å². The first-order chi connectivity index (χ1) is 17.7. The third-order valence-corrected chi connectivity index (χ3v) is 8.73. The summed E-state index contributed by atoms with van der Waals surface area (Å²) >= 11 is 19.9. The largest absolute Gasteiger partial charge is 0.383 e. The van der Waals surface area contributed by atoms with Crippen LogP contribution in [0.1, 0.15) is 22.3 Å². The summed E-state index contributed by atoms with van der Waals surface area (Å²) in [4.78, 5) is 13.4. The number of aliphatic imine (C=N–C) groups is 1. The highest BCUT2D eigenvalue weighted by Gasteiger charge is 2.43. The Hall–Kier alpha value is -3.15. The molecular weight excluding hydrogens is 577 g/mol. The van der Waals surface area contributed by atoms with Crippen molar-refractivity contribution in [3.63, 3.8) is 0 Å². The van der Waals surface area contributed by atoms with Gasteiger partial charge in [-0.15, -0.1) is 11.3 Å². The lowest BCUT2D eigenvalue weighted by molar-refractivity contribution is 0.480. The summed E-state index contributed by atoms with van der Waals surface area (Å²) in [7, 11) is -4.34. The maximum absolute atomic E-state index is 13.3. The molecule has 0 saturated carbocycles. The SMILES string of the molecule is NC1=NC(c2cccc(OS(=O)(=O)c3c(Cl)nc4sccn34)c2)(c2cc(Cl)nc(Cl)c2)c2ccccc21. The summed E-state index contributed by atoms with van der Waals surface area (Å²) in [5, 5.41) is 1.61. The smallest absolute Gasteiger partial charge is 0.358 e. The topological polar surface area (TPSA) is 112 Å². The molecule has 5 aromatic rings. The van der Waals surface area contributed by atoms with Gasteiger partial charge in [0.1, 0.15) is 27.4 Å². The Bertz CT molecular complexity index is 1830. The lowest BCUT2D eigenvalue weighted by atomic mass is 9.78. The second-order valence-electron chi connectivity index (χ2n) is 8.08. The van der Waals surface area contributed by atoms with Gasteiger partial charge in [-0.1, -0.05) is 71.2 Å². The Morgan fingerprint density at radius 2 is 1.70 bits per heavy atom. The Kier molecular flexibility index (Phi) is 5.70. The molecule has 0 amide bonds. The van der Waals surface area contributed by atoms with Crippen LogP contribution in [0.25, 0.3) is 4.96 Å². The van der Waals surface area contributed by atoms with Crippen LogP contribution >= 0.6 is 46.1 Å². The number of hydrogen-bond donors (Lipinski definition) is 1. The molecule has 8 nitrogen and oxygen atoms in total. The molecule has 0 fully saturated rings. The highest BCUT2D eigenvalue weighted by atomic mass is 35.5. The first-order valence-electron chi connectivity index (χ1n) is 10.6. The highest BCUT2D eigenvalue weighted by molar-refractivity contribution is 7.87. The Labute approximate surface area is 230 Å². The summed E-state index contributed by atoms with van der Waals surface area (Å²) in [6.07, 6.45) is 1.56. The van der Waals surface area contributed by atoms with Crippen molar-refractivity contribution in [3.8, 4) is 5.75 Å². The number of nitrogens with zero attached hydrogens (tertiary/aromatic N) is 4. The van der Waals surface area contributed by atoms with Gasteiger partial charge >= 0.3 is 10.1 Å². The zero-order valence-corrected chi connectivity index (χ0v) is 22.4. The number of imidazole rings is 1. The van der Waals surface area contributed by atoms with E-state index in [9.17, 15) is 8.42 Å². The van der Waals surface area contributed by atoms with Crippen molar-refractivity contribution in [3.05, 3.63) is 110 Å². The summed E-state index contributed by atoms with van der Waals surface area (Å²) < 4.78 is 33.4. The zero-order valence-electron chi connectivity index (χ0n) is 18.5. The van der Waals surface area contributed by atoms with Gasteiger partial charge in [0.2, 0.25) is 5.03 Å². The Morgan fingerprint density at radius 1 is 0.946 bits per heavy atom. The van der Waals surface area contributed by atoms with Gasteiger partial charge in [-0.3, -0.25) is 4.40 Å². The highest BCUT2D eigenvalue weighted by Crippen LogP contribution is 2.47. The molecule has 6 rings (SSSR count). The lowest BCUT2D eigenvalue weighted by Crippen LogP contribution is -2.26. The molecule has 1 aliphatic rings. The average Bonchev–Trinajstić information content (AvgIpc) is 3.50. The van der Waals surface area contributed by atoms with Crippen molar-refractivity contribution in [1.29, 1.82) is 0 Å². The van der Waals surface area contributed by atoms with E-state index in [0.717, 1.165) is 11.1 Å². The van der Waals surface area contributed by atoms with E-state index in [2.05, 4.69) is 9.97 Å². The Morgan fingerprint density at radius 3 is 2.49 bits per heavy atom. The fourth-order valence-electron chi connectivity index (χ4n) is 4.51. The van der Waals surface area contributed by atoms with Crippen molar-refractivity contribution in [1.82, 2.24) is 14.4 Å². The van der Waals surface area contributed by atoms with Crippen LogP contribution in [-0.4, -0.2) is 28.6 Å². The molecular formula is C24H14Cl3N5O3S2. The Balaban J connectivity index is 1.52. The fraction of sp³-hybridized carbons (Fsp3) is 0.0417. The standard InChI is InChI=1S/C24H14Cl3N5O3S2/c25-18-11-14(12-19(26)29-18)24(17-7-2-1-6-16(17)21(28)31-24)13-4-3-5-15(10-13)35-37(33,34)22-20(27)30-23-32(22)8-9-36-23/h1-12H,(H2,28,31). The quantitative estimate of drug-likeness (QED) is 0.213. The molecule has 37 heavy (non-hydrogen) atoms. The molecule has 0 bridgehead atoms. The molecule has 13 heteroatoms. The minimum absolute atomic E-state index is 0.0440. The number of hydrogen-bond acceptors (Lipinski definition) is 8. The first kappa shape index (κ1) is 24.2. The molecule has 0 saturated heterocycles. The van der Waals surface area contributed by atoms with Crippen LogP contribution in [0.3, 0.4) is 0 Å². The van der Waals surface area contributed by atoms with Crippen LogP contribution in [0.4, 0.5) is 0 Å². The van der Waals surface area contributed by atoms with Gasteiger partial charge < -0.3 is 9.92 Å². The molecule has 3 aromatic heterocycles. The number of rotatable bonds is 5. The molecule has 2 aromatic carbocycles. The van der Waals surface area contributed by atoms with E-state index in [1.165, 1.54) is 21.8 Å². The molecule has 0 aliphatic carbocycles. The molecule has 1 unspecified atom stereocenters. The molecule has 2 N–H and O–H groups in total. The minimum atomic E-state index is -4.34. The van der Waals surface area contributed by atoms with Gasteiger partial charge in [0.15, 0.2) is 10.1 Å². The number of pyridine rings is 1. The van der Waals surface area contributed by atoms with E-state index >= 15 is 0 Å². The summed E-state index contributed by atoms with van der Waals surface area (Å²) in [6, 6.07) is 17.3. The van der Waals surface area contributed by atoms with Crippen LogP contribution in [0.15, 0.2) is 82.3 Å². The van der Waals surface area contributed by atoms with Crippen LogP contribution in [-0.2, 0) is 15.7 Å². The predicted octanol–water partition coefficient (Wildman–Crippen LogP) is 5.53. The maximum Gasteiger partial charge on any atom is 0.358 e. The van der Waals surface area contributed by atoms with E-state index in [-0.39, 0.29) is 26.2 Å². The monoisotopic (exact) mass is 589 g/mol. The van der Waals surface area contributed by atoms with Crippen LogP contribution in [0.2, 0.25) is 15.5 Å². The van der Waals surface area contributed by atoms with Gasteiger partial charge in [-0.05, 0) is 41.0 Å². The van der Waals surface area contributed by atoms with Crippen molar-refractivity contribution in [2.75, 3.05) is 0 Å². The van der Waals surface area contributed by atoms with Gasteiger partial charge in [0, 0.05) is 17.1 Å². The van der Waals surface area contributed by atoms with Crippen molar-refractivity contribution < 1.29 is 12.6 Å².